The standard InChI is InChI=1S/C21H25NO6/c1-15(23)27-14-18(28-13-16-6-4-3-5-7-16)12-22-21(25)11-17-8-9-19(24)20(10-17)26-2/h3-10,18,24H,11-14H2,1-2H3,(H,22,25). The Labute approximate surface area is 164 Å². The van der Waals surface area contributed by atoms with Crippen molar-refractivity contribution < 1.29 is 28.9 Å². The molecule has 2 aromatic rings. The van der Waals surface area contributed by atoms with E-state index < -0.39 is 12.1 Å². The summed E-state index contributed by atoms with van der Waals surface area (Å²) in [5.74, 6) is -0.300. The van der Waals surface area contributed by atoms with Gasteiger partial charge in [0.05, 0.1) is 20.1 Å². The second-order valence-corrected chi connectivity index (χ2v) is 6.21. The van der Waals surface area contributed by atoms with Crippen molar-refractivity contribution in [1.29, 1.82) is 0 Å². The molecular formula is C21H25NO6. The third kappa shape index (κ3) is 7.28. The van der Waals surface area contributed by atoms with Crippen LogP contribution in [0.25, 0.3) is 0 Å². The van der Waals surface area contributed by atoms with E-state index in [0.29, 0.717) is 17.9 Å². The number of rotatable bonds is 10. The molecule has 7 nitrogen and oxygen atoms in total. The highest BCUT2D eigenvalue weighted by molar-refractivity contribution is 5.78. The Morgan fingerprint density at radius 3 is 2.54 bits per heavy atom. The molecule has 2 aromatic carbocycles. The first-order valence-electron chi connectivity index (χ1n) is 8.89. The summed E-state index contributed by atoms with van der Waals surface area (Å²) in [5.41, 5.74) is 1.69. The number of nitrogens with one attached hydrogen (secondary N) is 1. The fourth-order valence-corrected chi connectivity index (χ4v) is 2.47. The quantitative estimate of drug-likeness (QED) is 0.607. The molecule has 0 aromatic heterocycles. The first-order chi connectivity index (χ1) is 13.5. The first kappa shape index (κ1) is 21.2. The minimum atomic E-state index is -0.470. The van der Waals surface area contributed by atoms with Crippen LogP contribution in [0, 0.1) is 0 Å². The van der Waals surface area contributed by atoms with Gasteiger partial charge in [0.2, 0.25) is 5.91 Å². The van der Waals surface area contributed by atoms with Crippen LogP contribution >= 0.6 is 0 Å². The fourth-order valence-electron chi connectivity index (χ4n) is 2.47. The van der Waals surface area contributed by atoms with Gasteiger partial charge in [-0.15, -0.1) is 0 Å². The normalized spacial score (nSPS) is 11.5. The van der Waals surface area contributed by atoms with Crippen LogP contribution in [0.2, 0.25) is 0 Å². The van der Waals surface area contributed by atoms with Crippen molar-refractivity contribution >= 4 is 11.9 Å². The third-order valence-electron chi connectivity index (χ3n) is 3.94. The van der Waals surface area contributed by atoms with Gasteiger partial charge >= 0.3 is 5.97 Å². The number of methoxy groups -OCH3 is 1. The van der Waals surface area contributed by atoms with Crippen LogP contribution in [0.3, 0.4) is 0 Å². The molecule has 0 saturated heterocycles. The maximum Gasteiger partial charge on any atom is 0.302 e. The molecule has 1 amide bonds. The van der Waals surface area contributed by atoms with E-state index in [0.717, 1.165) is 5.56 Å². The SMILES string of the molecule is COc1cc(CC(=O)NCC(COC(C)=O)OCc2ccccc2)ccc1O. The summed E-state index contributed by atoms with van der Waals surface area (Å²) in [6.07, 6.45) is -0.349. The lowest BCUT2D eigenvalue weighted by molar-refractivity contribution is -0.145. The number of hydrogen-bond acceptors (Lipinski definition) is 6. The smallest absolute Gasteiger partial charge is 0.302 e. The lowest BCUT2D eigenvalue weighted by Crippen LogP contribution is -2.37. The molecular weight excluding hydrogens is 362 g/mol. The number of hydrogen-bond donors (Lipinski definition) is 2. The van der Waals surface area contributed by atoms with Gasteiger partial charge in [-0.05, 0) is 23.3 Å². The van der Waals surface area contributed by atoms with Crippen LogP contribution in [0.1, 0.15) is 18.1 Å². The van der Waals surface area contributed by atoms with Crippen molar-refractivity contribution in [2.24, 2.45) is 0 Å². The number of carbonyl (C=O) groups is 2. The van der Waals surface area contributed by atoms with Crippen molar-refractivity contribution in [2.75, 3.05) is 20.3 Å². The lowest BCUT2D eigenvalue weighted by atomic mass is 10.1. The van der Waals surface area contributed by atoms with Crippen molar-refractivity contribution in [3.8, 4) is 11.5 Å². The van der Waals surface area contributed by atoms with Crippen molar-refractivity contribution in [2.45, 2.75) is 26.1 Å². The summed E-state index contributed by atoms with van der Waals surface area (Å²) in [7, 11) is 1.45. The van der Waals surface area contributed by atoms with Gasteiger partial charge in [0.1, 0.15) is 12.7 Å². The van der Waals surface area contributed by atoms with Gasteiger partial charge in [-0.1, -0.05) is 36.4 Å². The molecule has 0 bridgehead atoms. The molecule has 2 rings (SSSR count). The number of benzene rings is 2. The van der Waals surface area contributed by atoms with E-state index in [9.17, 15) is 14.7 Å². The highest BCUT2D eigenvalue weighted by Crippen LogP contribution is 2.26. The molecule has 0 saturated carbocycles. The summed E-state index contributed by atoms with van der Waals surface area (Å²) in [4.78, 5) is 23.3. The van der Waals surface area contributed by atoms with E-state index in [-0.39, 0.29) is 31.2 Å². The van der Waals surface area contributed by atoms with Gasteiger partial charge in [-0.25, -0.2) is 0 Å². The van der Waals surface area contributed by atoms with Crippen molar-refractivity contribution in [1.82, 2.24) is 5.32 Å². The number of carbonyl (C=O) groups excluding carboxylic acids is 2. The largest absolute Gasteiger partial charge is 0.504 e. The number of ether oxygens (including phenoxy) is 3. The van der Waals surface area contributed by atoms with Crippen LogP contribution in [-0.2, 0) is 32.1 Å². The van der Waals surface area contributed by atoms with E-state index in [1.54, 1.807) is 12.1 Å². The maximum absolute atomic E-state index is 12.2. The molecule has 0 fully saturated rings. The topological polar surface area (TPSA) is 94.1 Å². The fraction of sp³-hybridized carbons (Fsp3) is 0.333. The number of phenols is 1. The molecule has 150 valence electrons. The molecule has 1 unspecified atom stereocenters. The van der Waals surface area contributed by atoms with Gasteiger partial charge < -0.3 is 24.6 Å². The van der Waals surface area contributed by atoms with E-state index in [2.05, 4.69) is 5.32 Å². The van der Waals surface area contributed by atoms with Crippen LogP contribution < -0.4 is 10.1 Å². The van der Waals surface area contributed by atoms with Crippen LogP contribution in [0.5, 0.6) is 11.5 Å². The van der Waals surface area contributed by atoms with E-state index >= 15 is 0 Å². The van der Waals surface area contributed by atoms with E-state index in [4.69, 9.17) is 14.2 Å². The predicted octanol–water partition coefficient (Wildman–Crippen LogP) is 2.21. The number of phenolic OH excluding ortho intramolecular Hbond substituents is 1. The second kappa shape index (κ2) is 10.9. The molecule has 0 radical (unpaired) electrons. The third-order valence-corrected chi connectivity index (χ3v) is 3.94. The minimum Gasteiger partial charge on any atom is -0.504 e. The Kier molecular flexibility index (Phi) is 8.30. The second-order valence-electron chi connectivity index (χ2n) is 6.21. The number of amides is 1. The monoisotopic (exact) mass is 387 g/mol. The minimum absolute atomic E-state index is 0.0161. The zero-order valence-corrected chi connectivity index (χ0v) is 16.0. The summed E-state index contributed by atoms with van der Waals surface area (Å²) in [6, 6.07) is 14.3. The van der Waals surface area contributed by atoms with Crippen molar-refractivity contribution in [3.05, 3.63) is 59.7 Å². The van der Waals surface area contributed by atoms with Gasteiger partial charge in [-0.2, -0.15) is 0 Å². The molecule has 7 heteroatoms. The van der Waals surface area contributed by atoms with E-state index in [1.807, 2.05) is 30.3 Å². The maximum atomic E-state index is 12.2. The number of aromatic hydroxyl groups is 1. The first-order valence-corrected chi connectivity index (χ1v) is 8.89. The summed E-state index contributed by atoms with van der Waals surface area (Å²) < 4.78 is 15.9. The van der Waals surface area contributed by atoms with Crippen molar-refractivity contribution in [3.63, 3.8) is 0 Å². The highest BCUT2D eigenvalue weighted by atomic mass is 16.6. The van der Waals surface area contributed by atoms with Crippen LogP contribution in [0.15, 0.2) is 48.5 Å². The Balaban J connectivity index is 1.87. The zero-order chi connectivity index (χ0) is 20.4. The van der Waals surface area contributed by atoms with Gasteiger partial charge in [0, 0.05) is 13.5 Å². The summed E-state index contributed by atoms with van der Waals surface area (Å²) >= 11 is 0. The molecule has 0 aliphatic carbocycles. The molecule has 0 aliphatic heterocycles. The molecule has 0 spiro atoms. The van der Waals surface area contributed by atoms with Crippen LogP contribution in [0.4, 0.5) is 0 Å². The Morgan fingerprint density at radius 2 is 1.86 bits per heavy atom. The highest BCUT2D eigenvalue weighted by Gasteiger charge is 2.14. The molecule has 0 heterocycles. The average molecular weight is 387 g/mol. The predicted molar refractivity (Wildman–Crippen MR) is 103 cm³/mol. The van der Waals surface area contributed by atoms with Gasteiger partial charge in [0.15, 0.2) is 11.5 Å². The Bertz CT molecular complexity index is 778. The van der Waals surface area contributed by atoms with Gasteiger partial charge in [0.25, 0.3) is 0 Å². The van der Waals surface area contributed by atoms with E-state index in [1.165, 1.54) is 20.1 Å². The lowest BCUT2D eigenvalue weighted by Gasteiger charge is -2.18. The molecule has 1 atom stereocenters. The Morgan fingerprint density at radius 1 is 1.11 bits per heavy atom. The summed E-state index contributed by atoms with van der Waals surface area (Å²) in [6.45, 7) is 1.92. The molecule has 0 aliphatic rings. The summed E-state index contributed by atoms with van der Waals surface area (Å²) in [5, 5.41) is 12.4. The average Bonchev–Trinajstić information content (AvgIpc) is 2.69. The van der Waals surface area contributed by atoms with Crippen LogP contribution in [-0.4, -0.2) is 43.3 Å². The zero-order valence-electron chi connectivity index (χ0n) is 16.0. The molecule has 28 heavy (non-hydrogen) atoms. The Hall–Kier alpha value is -3.06. The van der Waals surface area contributed by atoms with Gasteiger partial charge in [-0.3, -0.25) is 9.59 Å². The number of esters is 1. The molecule has 2 N–H and O–H groups in total.